The lowest BCUT2D eigenvalue weighted by atomic mass is 10.0. The van der Waals surface area contributed by atoms with Crippen molar-refractivity contribution in [3.8, 4) is 0 Å². The molecule has 5 nitrogen and oxygen atoms in total. The lowest BCUT2D eigenvalue weighted by Crippen LogP contribution is -2.35. The van der Waals surface area contributed by atoms with Gasteiger partial charge < -0.3 is 10.6 Å². The number of nitrogens with two attached hydrogens (primary N) is 1. The van der Waals surface area contributed by atoms with Gasteiger partial charge >= 0.3 is 0 Å². The molecule has 0 aliphatic carbocycles. The number of carbonyl (C=O) groups is 1. The molecule has 0 bridgehead atoms. The SMILES string of the molecule is CCc1nnsc1C(=O)N1CCCc2cc(N)ccc21. The van der Waals surface area contributed by atoms with Gasteiger partial charge in [0.25, 0.3) is 5.91 Å². The van der Waals surface area contributed by atoms with E-state index in [1.165, 1.54) is 11.5 Å². The van der Waals surface area contributed by atoms with Gasteiger partial charge in [-0.25, -0.2) is 0 Å². The molecule has 2 N–H and O–H groups in total. The number of nitrogen functional groups attached to an aromatic ring is 1. The number of rotatable bonds is 2. The molecule has 1 aliphatic heterocycles. The van der Waals surface area contributed by atoms with Crippen molar-refractivity contribution in [2.75, 3.05) is 17.2 Å². The second-order valence-electron chi connectivity index (χ2n) is 4.85. The van der Waals surface area contributed by atoms with Crippen molar-refractivity contribution in [3.63, 3.8) is 0 Å². The van der Waals surface area contributed by atoms with Crippen LogP contribution in [0.4, 0.5) is 11.4 Å². The van der Waals surface area contributed by atoms with Crippen LogP contribution in [0, 0.1) is 0 Å². The largest absolute Gasteiger partial charge is 0.399 e. The predicted molar refractivity (Wildman–Crippen MR) is 80.1 cm³/mol. The fourth-order valence-electron chi connectivity index (χ4n) is 2.55. The summed E-state index contributed by atoms with van der Waals surface area (Å²) in [6.45, 7) is 2.72. The quantitative estimate of drug-likeness (QED) is 0.860. The van der Waals surface area contributed by atoms with Crippen molar-refractivity contribution in [2.24, 2.45) is 0 Å². The average molecular weight is 288 g/mol. The molecular weight excluding hydrogens is 272 g/mol. The third-order valence-corrected chi connectivity index (χ3v) is 4.31. The lowest BCUT2D eigenvalue weighted by Gasteiger charge is -2.29. The molecular formula is C14H16N4OS. The second-order valence-corrected chi connectivity index (χ2v) is 5.60. The summed E-state index contributed by atoms with van der Waals surface area (Å²) < 4.78 is 3.90. The Bertz CT molecular complexity index is 652. The highest BCUT2D eigenvalue weighted by Crippen LogP contribution is 2.30. The zero-order valence-electron chi connectivity index (χ0n) is 11.3. The molecule has 104 valence electrons. The van der Waals surface area contributed by atoms with Crippen LogP contribution in [0.3, 0.4) is 0 Å². The van der Waals surface area contributed by atoms with E-state index in [2.05, 4.69) is 9.59 Å². The summed E-state index contributed by atoms with van der Waals surface area (Å²) in [6.07, 6.45) is 2.64. The van der Waals surface area contributed by atoms with Gasteiger partial charge in [-0.1, -0.05) is 11.4 Å². The van der Waals surface area contributed by atoms with Gasteiger partial charge in [0.15, 0.2) is 0 Å². The molecule has 3 rings (SSSR count). The molecule has 1 aliphatic rings. The topological polar surface area (TPSA) is 72.1 Å². The minimum absolute atomic E-state index is 0.00238. The standard InChI is InChI=1S/C14H16N4OS/c1-2-11-13(20-17-16-11)14(19)18-7-3-4-9-8-10(15)5-6-12(9)18/h5-6,8H,2-4,7,15H2,1H3. The first-order chi connectivity index (χ1) is 9.70. The number of anilines is 2. The van der Waals surface area contributed by atoms with Crippen LogP contribution < -0.4 is 10.6 Å². The Kier molecular flexibility index (Phi) is 3.40. The average Bonchev–Trinajstić information content (AvgIpc) is 2.94. The minimum atomic E-state index is 0.00238. The molecule has 0 radical (unpaired) electrons. The monoisotopic (exact) mass is 288 g/mol. The molecule has 1 aromatic carbocycles. The van der Waals surface area contributed by atoms with Crippen LogP contribution >= 0.6 is 11.5 Å². The molecule has 2 heterocycles. The van der Waals surface area contributed by atoms with Crippen molar-refractivity contribution in [1.29, 1.82) is 0 Å². The summed E-state index contributed by atoms with van der Waals surface area (Å²) in [6, 6.07) is 5.73. The maximum Gasteiger partial charge on any atom is 0.271 e. The zero-order chi connectivity index (χ0) is 14.1. The first-order valence-electron chi connectivity index (χ1n) is 6.72. The molecule has 0 saturated heterocycles. The van der Waals surface area contributed by atoms with Gasteiger partial charge in [0.2, 0.25) is 0 Å². The first-order valence-corrected chi connectivity index (χ1v) is 7.49. The van der Waals surface area contributed by atoms with Gasteiger partial charge in [-0.3, -0.25) is 4.79 Å². The number of benzene rings is 1. The van der Waals surface area contributed by atoms with E-state index in [9.17, 15) is 4.79 Å². The van der Waals surface area contributed by atoms with Crippen LogP contribution in [0.15, 0.2) is 18.2 Å². The van der Waals surface area contributed by atoms with E-state index in [-0.39, 0.29) is 5.91 Å². The summed E-state index contributed by atoms with van der Waals surface area (Å²) >= 11 is 1.18. The lowest BCUT2D eigenvalue weighted by molar-refractivity contribution is 0.0988. The smallest absolute Gasteiger partial charge is 0.271 e. The molecule has 0 saturated carbocycles. The Hall–Kier alpha value is -1.95. The molecule has 0 fully saturated rings. The van der Waals surface area contributed by atoms with E-state index in [1.54, 1.807) is 0 Å². The molecule has 1 amide bonds. The molecule has 0 unspecified atom stereocenters. The number of aryl methyl sites for hydroxylation is 2. The van der Waals surface area contributed by atoms with Crippen LogP contribution in [0.5, 0.6) is 0 Å². The maximum absolute atomic E-state index is 12.7. The molecule has 2 aromatic rings. The number of amides is 1. The highest BCUT2D eigenvalue weighted by molar-refractivity contribution is 7.08. The third-order valence-electron chi connectivity index (χ3n) is 3.55. The summed E-state index contributed by atoms with van der Waals surface area (Å²) in [7, 11) is 0. The van der Waals surface area contributed by atoms with Gasteiger partial charge in [0, 0.05) is 17.9 Å². The number of aromatic nitrogens is 2. The van der Waals surface area contributed by atoms with Crippen LogP contribution in [0.1, 0.15) is 34.3 Å². The van der Waals surface area contributed by atoms with Crippen LogP contribution in [-0.4, -0.2) is 22.0 Å². The normalized spacial score (nSPS) is 14.2. The van der Waals surface area contributed by atoms with E-state index >= 15 is 0 Å². The van der Waals surface area contributed by atoms with E-state index in [1.807, 2.05) is 30.0 Å². The van der Waals surface area contributed by atoms with Crippen LogP contribution in [0.25, 0.3) is 0 Å². The first kappa shape index (κ1) is 13.1. The molecule has 0 atom stereocenters. The van der Waals surface area contributed by atoms with Crippen molar-refractivity contribution < 1.29 is 4.79 Å². The van der Waals surface area contributed by atoms with Gasteiger partial charge in [-0.05, 0) is 54.6 Å². The van der Waals surface area contributed by atoms with Crippen LogP contribution in [-0.2, 0) is 12.8 Å². The van der Waals surface area contributed by atoms with Crippen molar-refractivity contribution in [1.82, 2.24) is 9.59 Å². The number of nitrogens with zero attached hydrogens (tertiary/aromatic N) is 3. The Morgan fingerprint density at radius 2 is 2.35 bits per heavy atom. The van der Waals surface area contributed by atoms with E-state index in [0.717, 1.165) is 48.4 Å². The Labute approximate surface area is 121 Å². The van der Waals surface area contributed by atoms with Gasteiger partial charge in [0.1, 0.15) is 4.88 Å². The van der Waals surface area contributed by atoms with Crippen molar-refractivity contribution in [3.05, 3.63) is 34.3 Å². The molecule has 20 heavy (non-hydrogen) atoms. The minimum Gasteiger partial charge on any atom is -0.399 e. The van der Waals surface area contributed by atoms with E-state index in [4.69, 9.17) is 5.73 Å². The highest BCUT2D eigenvalue weighted by Gasteiger charge is 2.26. The third kappa shape index (κ3) is 2.16. The van der Waals surface area contributed by atoms with E-state index in [0.29, 0.717) is 4.88 Å². The Morgan fingerprint density at radius 3 is 3.15 bits per heavy atom. The fourth-order valence-corrected chi connectivity index (χ4v) is 3.25. The van der Waals surface area contributed by atoms with Gasteiger partial charge in [0.05, 0.1) is 5.69 Å². The Balaban J connectivity index is 1.98. The molecule has 1 aromatic heterocycles. The number of hydrogen-bond acceptors (Lipinski definition) is 5. The molecule has 6 heteroatoms. The summed E-state index contributed by atoms with van der Waals surface area (Å²) in [4.78, 5) is 15.2. The summed E-state index contributed by atoms with van der Waals surface area (Å²) in [5, 5.41) is 4.02. The maximum atomic E-state index is 12.7. The number of hydrogen-bond donors (Lipinski definition) is 1. The van der Waals surface area contributed by atoms with Gasteiger partial charge in [-0.15, -0.1) is 5.10 Å². The second kappa shape index (κ2) is 5.20. The predicted octanol–water partition coefficient (Wildman–Crippen LogP) is 2.28. The van der Waals surface area contributed by atoms with Crippen molar-refractivity contribution >= 4 is 28.8 Å². The molecule has 0 spiro atoms. The fraction of sp³-hybridized carbons (Fsp3) is 0.357. The summed E-state index contributed by atoms with van der Waals surface area (Å²) in [5.74, 6) is 0.00238. The van der Waals surface area contributed by atoms with Gasteiger partial charge in [-0.2, -0.15) is 0 Å². The number of fused-ring (bicyclic) bond motifs is 1. The van der Waals surface area contributed by atoms with Crippen LogP contribution in [0.2, 0.25) is 0 Å². The van der Waals surface area contributed by atoms with Crippen molar-refractivity contribution in [2.45, 2.75) is 26.2 Å². The summed E-state index contributed by atoms with van der Waals surface area (Å²) in [5.41, 5.74) is 9.45. The van der Waals surface area contributed by atoms with E-state index < -0.39 is 0 Å². The highest BCUT2D eigenvalue weighted by atomic mass is 32.1. The Morgan fingerprint density at radius 1 is 1.50 bits per heavy atom. The zero-order valence-corrected chi connectivity index (χ0v) is 12.1. The number of carbonyl (C=O) groups excluding carboxylic acids is 1.